The second kappa shape index (κ2) is 7.24. The molecule has 1 unspecified atom stereocenters. The monoisotopic (exact) mass is 245 g/mol. The van der Waals surface area contributed by atoms with Crippen LogP contribution in [0.15, 0.2) is 0 Å². The predicted octanol–water partition coefficient (Wildman–Crippen LogP) is -0.489. The molecule has 0 aromatic rings. The highest BCUT2D eigenvalue weighted by molar-refractivity contribution is 5.83. The molecule has 6 heteroatoms. The number of carbonyl (C=O) groups is 2. The Bertz CT molecular complexity index is 267. The van der Waals surface area contributed by atoms with Crippen molar-refractivity contribution in [2.75, 3.05) is 13.7 Å². The Morgan fingerprint density at radius 3 is 2.47 bits per heavy atom. The van der Waals surface area contributed by atoms with E-state index in [0.29, 0.717) is 13.0 Å². The van der Waals surface area contributed by atoms with Crippen molar-refractivity contribution in [2.24, 2.45) is 11.5 Å². The second-order valence-corrected chi connectivity index (χ2v) is 4.76. The van der Waals surface area contributed by atoms with Crippen LogP contribution in [0.3, 0.4) is 0 Å². The zero-order valence-electron chi connectivity index (χ0n) is 10.8. The van der Waals surface area contributed by atoms with Crippen LogP contribution in [0.4, 0.5) is 0 Å². The van der Waals surface area contributed by atoms with Gasteiger partial charge in [0.05, 0.1) is 6.04 Å². The fourth-order valence-corrected chi connectivity index (χ4v) is 1.48. The van der Waals surface area contributed by atoms with Crippen LogP contribution < -0.4 is 16.8 Å². The van der Waals surface area contributed by atoms with Gasteiger partial charge in [0.15, 0.2) is 0 Å². The molecule has 0 aromatic heterocycles. The maximum atomic E-state index is 11.7. The number of carbonyl (C=O) groups excluding carboxylic acids is 2. The molecular weight excluding hydrogens is 222 g/mol. The molecule has 0 spiro atoms. The first-order chi connectivity index (χ1) is 7.78. The minimum Gasteiger partial charge on any atom is -0.385 e. The van der Waals surface area contributed by atoms with Crippen LogP contribution in [0.25, 0.3) is 0 Å². The minimum absolute atomic E-state index is 0.0868. The standard InChI is InChI=1S/C11H23N3O3/c1-11(2,7-9(13)15)14-10(16)8(12)5-4-6-17-3/h8H,4-7,12H2,1-3H3,(H2,13,15)(H,14,16). The predicted molar refractivity (Wildman–Crippen MR) is 65.1 cm³/mol. The number of ether oxygens (including phenoxy) is 1. The summed E-state index contributed by atoms with van der Waals surface area (Å²) < 4.78 is 4.88. The van der Waals surface area contributed by atoms with Crippen LogP contribution in [-0.2, 0) is 14.3 Å². The molecule has 5 N–H and O–H groups in total. The number of hydrogen-bond acceptors (Lipinski definition) is 4. The van der Waals surface area contributed by atoms with Crippen LogP contribution in [0.1, 0.15) is 33.1 Å². The van der Waals surface area contributed by atoms with E-state index in [-0.39, 0.29) is 12.3 Å². The van der Waals surface area contributed by atoms with Gasteiger partial charge in [-0.3, -0.25) is 9.59 Å². The summed E-state index contributed by atoms with van der Waals surface area (Å²) in [4.78, 5) is 22.5. The molecule has 0 aliphatic carbocycles. The number of nitrogens with two attached hydrogens (primary N) is 2. The van der Waals surface area contributed by atoms with Gasteiger partial charge in [0.25, 0.3) is 0 Å². The first-order valence-corrected chi connectivity index (χ1v) is 5.63. The first kappa shape index (κ1) is 15.9. The van der Waals surface area contributed by atoms with E-state index >= 15 is 0 Å². The lowest BCUT2D eigenvalue weighted by Gasteiger charge is -2.26. The second-order valence-electron chi connectivity index (χ2n) is 4.76. The lowest BCUT2D eigenvalue weighted by molar-refractivity contribution is -0.125. The van der Waals surface area contributed by atoms with Crippen molar-refractivity contribution in [3.8, 4) is 0 Å². The van der Waals surface area contributed by atoms with Crippen LogP contribution in [0.5, 0.6) is 0 Å². The van der Waals surface area contributed by atoms with Crippen LogP contribution in [-0.4, -0.2) is 37.1 Å². The summed E-state index contributed by atoms with van der Waals surface area (Å²) in [5.41, 5.74) is 10.1. The van der Waals surface area contributed by atoms with Crippen molar-refractivity contribution in [1.29, 1.82) is 0 Å². The van der Waals surface area contributed by atoms with E-state index in [0.717, 1.165) is 6.42 Å². The van der Waals surface area contributed by atoms with Gasteiger partial charge in [-0.15, -0.1) is 0 Å². The summed E-state index contributed by atoms with van der Waals surface area (Å²) in [5, 5.41) is 2.71. The molecular formula is C11H23N3O3. The SMILES string of the molecule is COCCCC(N)C(=O)NC(C)(C)CC(N)=O. The number of hydrogen-bond donors (Lipinski definition) is 3. The van der Waals surface area contributed by atoms with E-state index in [4.69, 9.17) is 16.2 Å². The van der Waals surface area contributed by atoms with Crippen molar-refractivity contribution < 1.29 is 14.3 Å². The van der Waals surface area contributed by atoms with Gasteiger partial charge in [0.2, 0.25) is 11.8 Å². The summed E-state index contributed by atoms with van der Waals surface area (Å²) >= 11 is 0. The maximum absolute atomic E-state index is 11.7. The summed E-state index contributed by atoms with van der Waals surface area (Å²) in [6.45, 7) is 4.04. The molecule has 0 rings (SSSR count). The smallest absolute Gasteiger partial charge is 0.237 e. The molecule has 0 fully saturated rings. The number of nitrogens with one attached hydrogen (secondary N) is 1. The maximum Gasteiger partial charge on any atom is 0.237 e. The average molecular weight is 245 g/mol. The number of methoxy groups -OCH3 is 1. The summed E-state index contributed by atoms with van der Waals surface area (Å²) in [6.07, 6.45) is 1.36. The van der Waals surface area contributed by atoms with Gasteiger partial charge in [-0.25, -0.2) is 0 Å². The molecule has 0 saturated carbocycles. The Balaban J connectivity index is 4.09. The highest BCUT2D eigenvalue weighted by Gasteiger charge is 2.25. The summed E-state index contributed by atoms with van der Waals surface area (Å²) in [6, 6.07) is -0.586. The normalized spacial score (nSPS) is 13.2. The minimum atomic E-state index is -0.665. The fourth-order valence-electron chi connectivity index (χ4n) is 1.48. The molecule has 100 valence electrons. The third kappa shape index (κ3) is 7.70. The van der Waals surface area contributed by atoms with Crippen LogP contribution in [0, 0.1) is 0 Å². The van der Waals surface area contributed by atoms with E-state index in [1.807, 2.05) is 0 Å². The fraction of sp³-hybridized carbons (Fsp3) is 0.818. The average Bonchev–Trinajstić information content (AvgIpc) is 2.14. The van der Waals surface area contributed by atoms with E-state index in [2.05, 4.69) is 5.32 Å². The summed E-state index contributed by atoms with van der Waals surface area (Å²) in [7, 11) is 1.60. The molecule has 0 radical (unpaired) electrons. The van der Waals surface area contributed by atoms with Gasteiger partial charge in [0, 0.05) is 25.7 Å². The summed E-state index contributed by atoms with van der Waals surface area (Å²) in [5.74, 6) is -0.726. The highest BCUT2D eigenvalue weighted by Crippen LogP contribution is 2.08. The zero-order valence-corrected chi connectivity index (χ0v) is 10.8. The Morgan fingerprint density at radius 1 is 1.41 bits per heavy atom. The Hall–Kier alpha value is -1.14. The largest absolute Gasteiger partial charge is 0.385 e. The van der Waals surface area contributed by atoms with Crippen molar-refractivity contribution in [2.45, 2.75) is 44.7 Å². The van der Waals surface area contributed by atoms with Crippen molar-refractivity contribution in [1.82, 2.24) is 5.32 Å². The van der Waals surface area contributed by atoms with E-state index in [9.17, 15) is 9.59 Å². The molecule has 0 bridgehead atoms. The topological polar surface area (TPSA) is 107 Å². The van der Waals surface area contributed by atoms with Crippen molar-refractivity contribution in [3.63, 3.8) is 0 Å². The molecule has 0 saturated heterocycles. The van der Waals surface area contributed by atoms with Crippen molar-refractivity contribution >= 4 is 11.8 Å². The quantitative estimate of drug-likeness (QED) is 0.501. The molecule has 1 atom stereocenters. The number of primary amides is 1. The molecule has 0 aliphatic rings. The Morgan fingerprint density at radius 2 is 2.00 bits per heavy atom. The zero-order chi connectivity index (χ0) is 13.5. The number of amides is 2. The molecule has 6 nitrogen and oxygen atoms in total. The first-order valence-electron chi connectivity index (χ1n) is 5.63. The third-order valence-corrected chi connectivity index (χ3v) is 2.28. The van der Waals surface area contributed by atoms with E-state index < -0.39 is 17.5 Å². The van der Waals surface area contributed by atoms with E-state index in [1.165, 1.54) is 0 Å². The molecule has 2 amide bonds. The molecule has 17 heavy (non-hydrogen) atoms. The third-order valence-electron chi connectivity index (χ3n) is 2.28. The molecule has 0 aromatic carbocycles. The van der Waals surface area contributed by atoms with Gasteiger partial charge in [-0.1, -0.05) is 0 Å². The van der Waals surface area contributed by atoms with Crippen molar-refractivity contribution in [3.05, 3.63) is 0 Å². The highest BCUT2D eigenvalue weighted by atomic mass is 16.5. The van der Waals surface area contributed by atoms with Crippen LogP contribution >= 0.6 is 0 Å². The molecule has 0 heterocycles. The van der Waals surface area contributed by atoms with E-state index in [1.54, 1.807) is 21.0 Å². The van der Waals surface area contributed by atoms with Gasteiger partial charge >= 0.3 is 0 Å². The Labute approximate surface area is 102 Å². The van der Waals surface area contributed by atoms with Gasteiger partial charge < -0.3 is 21.5 Å². The van der Waals surface area contributed by atoms with Gasteiger partial charge in [-0.2, -0.15) is 0 Å². The lowest BCUT2D eigenvalue weighted by atomic mass is 9.99. The lowest BCUT2D eigenvalue weighted by Crippen LogP contribution is -2.52. The van der Waals surface area contributed by atoms with Gasteiger partial charge in [0.1, 0.15) is 0 Å². The number of rotatable bonds is 8. The molecule has 0 aliphatic heterocycles. The Kier molecular flexibility index (Phi) is 6.75. The van der Waals surface area contributed by atoms with Gasteiger partial charge in [-0.05, 0) is 26.7 Å². The van der Waals surface area contributed by atoms with Crippen LogP contribution in [0.2, 0.25) is 0 Å².